The molecule has 0 amide bonds. The van der Waals surface area contributed by atoms with Crippen LogP contribution in [0.5, 0.6) is 0 Å². The van der Waals surface area contributed by atoms with Gasteiger partial charge in [-0.2, -0.15) is 0 Å². The summed E-state index contributed by atoms with van der Waals surface area (Å²) in [4.78, 5) is 16.2. The average Bonchev–Trinajstić information content (AvgIpc) is 2.89. The number of carbonyl (C=O) groups excluding carboxylic acids is 1. The maximum Gasteiger partial charge on any atom is 0.209 e. The molecule has 0 unspecified atom stereocenters. The summed E-state index contributed by atoms with van der Waals surface area (Å²) >= 11 is 5.88. The van der Waals surface area contributed by atoms with E-state index in [2.05, 4.69) is 4.98 Å². The van der Waals surface area contributed by atoms with E-state index in [-0.39, 0.29) is 16.4 Å². The van der Waals surface area contributed by atoms with E-state index in [0.717, 1.165) is 0 Å². The average molecular weight is 311 g/mol. The Labute approximate surface area is 121 Å². The third-order valence-electron chi connectivity index (χ3n) is 3.01. The second-order valence-electron chi connectivity index (χ2n) is 4.27. The van der Waals surface area contributed by atoms with Gasteiger partial charge in [-0.1, -0.05) is 11.6 Å². The molecule has 3 nitrogen and oxygen atoms in total. The minimum absolute atomic E-state index is 0.139. The van der Waals surface area contributed by atoms with Gasteiger partial charge in [-0.15, -0.1) is 0 Å². The van der Waals surface area contributed by atoms with Gasteiger partial charge in [0.15, 0.2) is 22.6 Å². The van der Waals surface area contributed by atoms with Gasteiger partial charge in [0.2, 0.25) is 5.78 Å². The highest BCUT2D eigenvalue weighted by atomic mass is 35.5. The van der Waals surface area contributed by atoms with Gasteiger partial charge in [0.25, 0.3) is 0 Å². The Balaban J connectivity index is 2.15. The van der Waals surface area contributed by atoms with Gasteiger partial charge in [0, 0.05) is 18.0 Å². The van der Waals surface area contributed by atoms with Crippen molar-refractivity contribution in [2.75, 3.05) is 0 Å². The Morgan fingerprint density at radius 1 is 1.14 bits per heavy atom. The topological polar surface area (TPSA) is 34.4 Å². The number of aromatic nitrogens is 2. The molecule has 3 rings (SSSR count). The fourth-order valence-electron chi connectivity index (χ4n) is 2.03. The molecule has 0 fully saturated rings. The zero-order valence-corrected chi connectivity index (χ0v) is 11.0. The molecule has 0 radical (unpaired) electrons. The highest BCUT2D eigenvalue weighted by molar-refractivity contribution is 6.32. The van der Waals surface area contributed by atoms with Gasteiger partial charge in [-0.05, 0) is 24.3 Å². The molecule has 0 saturated carbocycles. The van der Waals surface area contributed by atoms with Crippen LogP contribution in [0.15, 0.2) is 36.7 Å². The van der Waals surface area contributed by atoms with E-state index in [0.29, 0.717) is 17.6 Å². The molecule has 3 aromatic rings. The van der Waals surface area contributed by atoms with E-state index in [1.54, 1.807) is 6.07 Å². The Morgan fingerprint density at radius 2 is 1.81 bits per heavy atom. The van der Waals surface area contributed by atoms with E-state index in [1.165, 1.54) is 22.9 Å². The first-order valence-electron chi connectivity index (χ1n) is 5.80. The van der Waals surface area contributed by atoms with Gasteiger partial charge in [0.1, 0.15) is 0 Å². The molecule has 0 bridgehead atoms. The van der Waals surface area contributed by atoms with Gasteiger partial charge in [0.05, 0.1) is 11.2 Å². The molecule has 0 N–H and O–H groups in total. The molecule has 0 spiro atoms. The molecule has 106 valence electrons. The molecule has 1 aromatic carbocycles. The predicted molar refractivity (Wildman–Crippen MR) is 70.0 cm³/mol. The maximum absolute atomic E-state index is 13.2. The van der Waals surface area contributed by atoms with Crippen LogP contribution in [0.4, 0.5) is 13.2 Å². The first kappa shape index (κ1) is 13.6. The molecule has 0 aliphatic heterocycles. The lowest BCUT2D eigenvalue weighted by atomic mass is 10.1. The van der Waals surface area contributed by atoms with E-state index < -0.39 is 23.2 Å². The van der Waals surface area contributed by atoms with Crippen LogP contribution in [-0.4, -0.2) is 15.2 Å². The molecule has 2 heterocycles. The molecule has 0 saturated heterocycles. The highest BCUT2D eigenvalue weighted by Crippen LogP contribution is 2.21. The largest absolute Gasteiger partial charge is 0.309 e. The van der Waals surface area contributed by atoms with Crippen LogP contribution in [0.25, 0.3) is 5.52 Å². The van der Waals surface area contributed by atoms with Crippen LogP contribution >= 0.6 is 11.6 Å². The fourth-order valence-corrected chi connectivity index (χ4v) is 2.24. The standard InChI is InChI=1S/C14H6ClF3N2O/c15-14-11-2-1-10(20(11)4-3-19-14)13(21)7-5-8(16)12(18)9(17)6-7/h1-6H. The first-order valence-corrected chi connectivity index (χ1v) is 6.17. The molecule has 7 heteroatoms. The summed E-state index contributed by atoms with van der Waals surface area (Å²) in [6, 6.07) is 4.31. The lowest BCUT2D eigenvalue weighted by Gasteiger charge is -2.04. The zero-order chi connectivity index (χ0) is 15.1. The molecule has 0 atom stereocenters. The number of fused-ring (bicyclic) bond motifs is 1. The summed E-state index contributed by atoms with van der Waals surface area (Å²) in [5, 5.41) is 0.188. The number of halogens is 4. The number of hydrogen-bond donors (Lipinski definition) is 0. The molecule has 2 aromatic heterocycles. The van der Waals surface area contributed by atoms with Gasteiger partial charge in [-0.3, -0.25) is 4.79 Å². The van der Waals surface area contributed by atoms with E-state index in [1.807, 2.05) is 0 Å². The zero-order valence-electron chi connectivity index (χ0n) is 10.3. The van der Waals surface area contributed by atoms with Crippen molar-refractivity contribution in [2.45, 2.75) is 0 Å². The fraction of sp³-hybridized carbons (Fsp3) is 0. The van der Waals surface area contributed by atoms with E-state index in [9.17, 15) is 18.0 Å². The van der Waals surface area contributed by atoms with Crippen molar-refractivity contribution >= 4 is 22.9 Å². The molecule has 0 aliphatic carbocycles. The summed E-state index contributed by atoms with van der Waals surface area (Å²) in [5.74, 6) is -5.10. The minimum atomic E-state index is -1.61. The summed E-state index contributed by atoms with van der Waals surface area (Å²) in [5.41, 5.74) is 0.324. The van der Waals surface area contributed by atoms with Crippen LogP contribution in [0.2, 0.25) is 5.15 Å². The van der Waals surface area contributed by atoms with Crippen molar-refractivity contribution < 1.29 is 18.0 Å². The van der Waals surface area contributed by atoms with Crippen molar-refractivity contribution in [3.8, 4) is 0 Å². The number of benzene rings is 1. The van der Waals surface area contributed by atoms with E-state index in [4.69, 9.17) is 11.6 Å². The smallest absolute Gasteiger partial charge is 0.209 e. The Hall–Kier alpha value is -2.34. The predicted octanol–water partition coefficient (Wildman–Crippen LogP) is 3.64. The molecular weight excluding hydrogens is 305 g/mol. The highest BCUT2D eigenvalue weighted by Gasteiger charge is 2.19. The third-order valence-corrected chi connectivity index (χ3v) is 3.30. The van der Waals surface area contributed by atoms with Crippen LogP contribution in [0, 0.1) is 17.5 Å². The Kier molecular flexibility index (Phi) is 3.17. The number of carbonyl (C=O) groups is 1. The first-order chi connectivity index (χ1) is 9.99. The van der Waals surface area contributed by atoms with Crippen LogP contribution < -0.4 is 0 Å². The van der Waals surface area contributed by atoms with Crippen molar-refractivity contribution in [2.24, 2.45) is 0 Å². The molecule has 0 aliphatic rings. The van der Waals surface area contributed by atoms with E-state index >= 15 is 0 Å². The normalized spacial score (nSPS) is 11.0. The monoisotopic (exact) mass is 310 g/mol. The lowest BCUT2D eigenvalue weighted by Crippen LogP contribution is -2.07. The van der Waals surface area contributed by atoms with Crippen molar-refractivity contribution in [3.05, 3.63) is 70.5 Å². The van der Waals surface area contributed by atoms with Crippen LogP contribution in [0.1, 0.15) is 16.1 Å². The van der Waals surface area contributed by atoms with Crippen molar-refractivity contribution in [1.29, 1.82) is 0 Å². The number of rotatable bonds is 2. The number of nitrogens with zero attached hydrogens (tertiary/aromatic N) is 2. The van der Waals surface area contributed by atoms with Gasteiger partial charge >= 0.3 is 0 Å². The third kappa shape index (κ3) is 2.17. The minimum Gasteiger partial charge on any atom is -0.309 e. The van der Waals surface area contributed by atoms with Crippen LogP contribution in [-0.2, 0) is 0 Å². The number of hydrogen-bond acceptors (Lipinski definition) is 2. The van der Waals surface area contributed by atoms with Crippen molar-refractivity contribution in [1.82, 2.24) is 9.38 Å². The van der Waals surface area contributed by atoms with Gasteiger partial charge < -0.3 is 4.40 Å². The second-order valence-corrected chi connectivity index (χ2v) is 4.63. The SMILES string of the molecule is O=C(c1cc(F)c(F)c(F)c1)c1ccc2c(Cl)nccn12. The molecule has 21 heavy (non-hydrogen) atoms. The van der Waals surface area contributed by atoms with Crippen LogP contribution in [0.3, 0.4) is 0 Å². The van der Waals surface area contributed by atoms with Crippen molar-refractivity contribution in [3.63, 3.8) is 0 Å². The quantitative estimate of drug-likeness (QED) is 0.535. The second kappa shape index (κ2) is 4.89. The Morgan fingerprint density at radius 3 is 2.48 bits per heavy atom. The summed E-state index contributed by atoms with van der Waals surface area (Å²) in [6.45, 7) is 0. The summed E-state index contributed by atoms with van der Waals surface area (Å²) in [7, 11) is 0. The number of ketones is 1. The summed E-state index contributed by atoms with van der Waals surface area (Å²) < 4.78 is 40.8. The Bertz CT molecular complexity index is 853. The maximum atomic E-state index is 13.2. The lowest BCUT2D eigenvalue weighted by molar-refractivity contribution is 0.103. The molecular formula is C14H6ClF3N2O. The van der Waals surface area contributed by atoms with Gasteiger partial charge in [-0.25, -0.2) is 18.2 Å². The summed E-state index contributed by atoms with van der Waals surface area (Å²) in [6.07, 6.45) is 2.88.